The zero-order valence-electron chi connectivity index (χ0n) is 8.99. The maximum atomic E-state index is 12.0. The summed E-state index contributed by atoms with van der Waals surface area (Å²) in [7, 11) is 0. The standard InChI is InChI=1S/C8H7ClO.C6H3F/c9-6-8(10)7-4-2-1-3-5-7;7-6-3-4-1-2-5(4)6/h1-5H,6H2;1-3H. The maximum Gasteiger partial charge on any atom is 0.177 e. The van der Waals surface area contributed by atoms with Gasteiger partial charge in [-0.15, -0.1) is 11.6 Å². The first-order chi connectivity index (χ1) is 8.22. The van der Waals surface area contributed by atoms with Gasteiger partial charge in [-0.3, -0.25) is 4.79 Å². The largest absolute Gasteiger partial charge is 0.293 e. The van der Waals surface area contributed by atoms with Crippen molar-refractivity contribution in [2.45, 2.75) is 0 Å². The van der Waals surface area contributed by atoms with Crippen LogP contribution in [0.5, 0.6) is 0 Å². The first kappa shape index (κ1) is 11.8. The molecule has 2 aliphatic carbocycles. The van der Waals surface area contributed by atoms with E-state index < -0.39 is 0 Å². The van der Waals surface area contributed by atoms with E-state index in [0.29, 0.717) is 5.56 Å². The Hall–Kier alpha value is -1.67. The fourth-order valence-corrected chi connectivity index (χ4v) is 1.60. The highest BCUT2D eigenvalue weighted by Gasteiger charge is 2.02. The van der Waals surface area contributed by atoms with Gasteiger partial charge in [0.15, 0.2) is 5.78 Å². The van der Waals surface area contributed by atoms with Gasteiger partial charge in [-0.05, 0) is 11.3 Å². The summed E-state index contributed by atoms with van der Waals surface area (Å²) in [5.74, 6) is -0.0240. The van der Waals surface area contributed by atoms with Crippen LogP contribution in [0.15, 0.2) is 48.5 Å². The zero-order valence-corrected chi connectivity index (χ0v) is 9.75. The summed E-state index contributed by atoms with van der Waals surface area (Å²) in [5.41, 5.74) is 0.678. The lowest BCUT2D eigenvalue weighted by Gasteiger charge is -2.00. The minimum Gasteiger partial charge on any atom is -0.293 e. The Bertz CT molecular complexity index is 622. The second-order valence-electron chi connectivity index (χ2n) is 3.62. The summed E-state index contributed by atoms with van der Waals surface area (Å²) in [4.78, 5) is 10.9. The Morgan fingerprint density at radius 3 is 2.12 bits per heavy atom. The number of carbonyl (C=O) groups is 1. The highest BCUT2D eigenvalue weighted by atomic mass is 35.5. The Labute approximate surface area is 103 Å². The topological polar surface area (TPSA) is 17.1 Å². The summed E-state index contributed by atoms with van der Waals surface area (Å²) >= 11 is 5.34. The van der Waals surface area contributed by atoms with Crippen LogP contribution in [0.4, 0.5) is 4.39 Å². The molecular formula is C14H10ClFO. The first-order valence-electron chi connectivity index (χ1n) is 5.16. The molecule has 0 spiro atoms. The molecule has 0 N–H and O–H groups in total. The molecule has 2 aliphatic rings. The molecule has 0 saturated heterocycles. The molecule has 1 nitrogen and oxygen atoms in total. The van der Waals surface area contributed by atoms with E-state index in [0.717, 1.165) is 10.4 Å². The molecule has 3 heteroatoms. The van der Waals surface area contributed by atoms with Crippen molar-refractivity contribution in [3.05, 3.63) is 70.3 Å². The highest BCUT2D eigenvalue weighted by molar-refractivity contribution is 6.30. The molecule has 3 rings (SSSR count). The van der Waals surface area contributed by atoms with Gasteiger partial charge >= 0.3 is 0 Å². The zero-order chi connectivity index (χ0) is 12.3. The van der Waals surface area contributed by atoms with E-state index in [-0.39, 0.29) is 17.5 Å². The number of hydrogen-bond donors (Lipinski definition) is 0. The average Bonchev–Trinajstić information content (AvgIpc) is 2.36. The van der Waals surface area contributed by atoms with Crippen molar-refractivity contribution >= 4 is 17.4 Å². The third kappa shape index (κ3) is 2.53. The van der Waals surface area contributed by atoms with Crippen LogP contribution in [0, 0.1) is 16.3 Å². The van der Waals surface area contributed by atoms with Crippen LogP contribution >= 0.6 is 11.6 Å². The van der Waals surface area contributed by atoms with E-state index in [1.54, 1.807) is 18.2 Å². The van der Waals surface area contributed by atoms with Crippen molar-refractivity contribution in [2.24, 2.45) is 0 Å². The molecule has 0 heterocycles. The third-order valence-corrected chi connectivity index (χ3v) is 2.74. The number of benzene rings is 2. The fraction of sp³-hybridized carbons (Fsp3) is 0.0714. The average molecular weight is 249 g/mol. The number of rotatable bonds is 2. The molecule has 17 heavy (non-hydrogen) atoms. The lowest BCUT2D eigenvalue weighted by molar-refractivity contribution is 0.102. The second-order valence-corrected chi connectivity index (χ2v) is 3.88. The molecule has 0 amide bonds. The maximum absolute atomic E-state index is 12.0. The van der Waals surface area contributed by atoms with Crippen molar-refractivity contribution < 1.29 is 9.18 Å². The second kappa shape index (κ2) is 5.11. The van der Waals surface area contributed by atoms with Crippen molar-refractivity contribution in [2.75, 3.05) is 5.88 Å². The monoisotopic (exact) mass is 248 g/mol. The van der Waals surface area contributed by atoms with E-state index in [1.165, 1.54) is 6.07 Å². The smallest absolute Gasteiger partial charge is 0.177 e. The summed E-state index contributed by atoms with van der Waals surface area (Å²) < 4.78 is 12.0. The molecule has 1 aromatic rings. The minimum atomic E-state index is -0.0579. The van der Waals surface area contributed by atoms with Crippen LogP contribution in [0.2, 0.25) is 0 Å². The highest BCUT2D eigenvalue weighted by Crippen LogP contribution is 2.12. The van der Waals surface area contributed by atoms with Crippen molar-refractivity contribution in [3.8, 4) is 0 Å². The molecule has 0 radical (unpaired) electrons. The lowest BCUT2D eigenvalue weighted by atomic mass is 10.1. The van der Waals surface area contributed by atoms with Gasteiger partial charge in [-0.1, -0.05) is 42.5 Å². The number of alkyl halides is 1. The van der Waals surface area contributed by atoms with Crippen LogP contribution in [0.3, 0.4) is 0 Å². The van der Waals surface area contributed by atoms with Crippen LogP contribution in [0.25, 0.3) is 0 Å². The molecule has 0 atom stereocenters. The van der Waals surface area contributed by atoms with Gasteiger partial charge in [0.2, 0.25) is 0 Å². The fourth-order valence-electron chi connectivity index (χ4n) is 1.44. The van der Waals surface area contributed by atoms with Crippen molar-refractivity contribution in [1.82, 2.24) is 0 Å². The van der Waals surface area contributed by atoms with Crippen LogP contribution < -0.4 is 0 Å². The molecule has 0 bridgehead atoms. The molecule has 0 unspecified atom stereocenters. The SMILES string of the molecule is Fc1cc2ccc1=2.O=C(CCl)c1ccccc1. The number of ketones is 1. The number of hydrogen-bond acceptors (Lipinski definition) is 1. The minimum absolute atomic E-state index is 0.0257. The molecule has 0 fully saturated rings. The Morgan fingerprint density at radius 1 is 1.12 bits per heavy atom. The summed E-state index contributed by atoms with van der Waals surface area (Å²) in [6.07, 6.45) is 0. The van der Waals surface area contributed by atoms with E-state index in [4.69, 9.17) is 11.6 Å². The van der Waals surface area contributed by atoms with E-state index in [9.17, 15) is 9.18 Å². The quantitative estimate of drug-likeness (QED) is 0.501. The molecule has 86 valence electrons. The third-order valence-electron chi connectivity index (χ3n) is 2.50. The number of carbonyl (C=O) groups excluding carboxylic acids is 1. The van der Waals surface area contributed by atoms with Gasteiger partial charge in [-0.2, -0.15) is 0 Å². The number of halogens is 2. The molecule has 0 saturated carbocycles. The van der Waals surface area contributed by atoms with E-state index in [1.807, 2.05) is 24.3 Å². The first-order valence-corrected chi connectivity index (χ1v) is 5.70. The van der Waals surface area contributed by atoms with Crippen molar-refractivity contribution in [3.63, 3.8) is 0 Å². The number of Topliss-reactive ketones (excluding diaryl/α,β-unsaturated/α-hetero) is 1. The van der Waals surface area contributed by atoms with E-state index in [2.05, 4.69) is 0 Å². The van der Waals surface area contributed by atoms with Gasteiger partial charge in [-0.25, -0.2) is 4.39 Å². The normalized spacial score (nSPS) is 10.2. The summed E-state index contributed by atoms with van der Waals surface area (Å²) in [6, 6.07) is 14.2. The molecule has 0 aliphatic heterocycles. The van der Waals surface area contributed by atoms with Gasteiger partial charge < -0.3 is 0 Å². The van der Waals surface area contributed by atoms with Gasteiger partial charge in [0.1, 0.15) is 5.82 Å². The van der Waals surface area contributed by atoms with Gasteiger partial charge in [0.25, 0.3) is 0 Å². The molecule has 1 aromatic carbocycles. The lowest BCUT2D eigenvalue weighted by Crippen LogP contribution is -1.98. The van der Waals surface area contributed by atoms with Crippen molar-refractivity contribution in [1.29, 1.82) is 0 Å². The van der Waals surface area contributed by atoms with Gasteiger partial charge in [0.05, 0.1) is 5.88 Å². The van der Waals surface area contributed by atoms with Crippen LogP contribution in [-0.2, 0) is 0 Å². The van der Waals surface area contributed by atoms with E-state index >= 15 is 0 Å². The van der Waals surface area contributed by atoms with Gasteiger partial charge in [0, 0.05) is 10.8 Å². The predicted molar refractivity (Wildman–Crippen MR) is 65.6 cm³/mol. The van der Waals surface area contributed by atoms with Crippen LogP contribution in [0.1, 0.15) is 10.4 Å². The predicted octanol–water partition coefficient (Wildman–Crippen LogP) is 3.53. The Kier molecular flexibility index (Phi) is 3.55. The Balaban J connectivity index is 0.000000134. The summed E-state index contributed by atoms with van der Waals surface area (Å²) in [5, 5.41) is 1.87. The van der Waals surface area contributed by atoms with Crippen LogP contribution in [-0.4, -0.2) is 11.7 Å². The molecule has 0 aromatic heterocycles. The Morgan fingerprint density at radius 2 is 1.82 bits per heavy atom. The molecular weight excluding hydrogens is 239 g/mol. The summed E-state index contributed by atoms with van der Waals surface area (Å²) in [6.45, 7) is 0.